The molecule has 2 aromatic rings. The number of ether oxygens (including phenoxy) is 1. The lowest BCUT2D eigenvalue weighted by molar-refractivity contribution is 0.0421. The number of aromatic nitrogens is 1. The topological polar surface area (TPSA) is 34.1 Å². The van der Waals surface area contributed by atoms with E-state index in [9.17, 15) is 0 Å². The van der Waals surface area contributed by atoms with Crippen molar-refractivity contribution < 1.29 is 4.74 Å². The van der Waals surface area contributed by atoms with Crippen molar-refractivity contribution in [2.75, 3.05) is 13.7 Å². The molecular formula is C16H22N2OS. The molecule has 1 saturated carbocycles. The summed E-state index contributed by atoms with van der Waals surface area (Å²) in [5.74, 6) is 0. The van der Waals surface area contributed by atoms with E-state index in [4.69, 9.17) is 4.74 Å². The summed E-state index contributed by atoms with van der Waals surface area (Å²) in [6.07, 6.45) is 6.44. The predicted molar refractivity (Wildman–Crippen MR) is 84.4 cm³/mol. The van der Waals surface area contributed by atoms with Crippen molar-refractivity contribution in [1.29, 1.82) is 0 Å². The highest BCUT2D eigenvalue weighted by Crippen LogP contribution is 2.23. The van der Waals surface area contributed by atoms with Crippen molar-refractivity contribution in [3.05, 3.63) is 29.3 Å². The highest BCUT2D eigenvalue weighted by Gasteiger charge is 2.24. The van der Waals surface area contributed by atoms with Crippen LogP contribution in [0.25, 0.3) is 10.2 Å². The van der Waals surface area contributed by atoms with Crippen LogP contribution in [0, 0.1) is 0 Å². The van der Waals surface area contributed by atoms with Crippen LogP contribution < -0.4 is 5.32 Å². The molecule has 1 fully saturated rings. The van der Waals surface area contributed by atoms with E-state index < -0.39 is 0 Å². The van der Waals surface area contributed by atoms with Crippen LogP contribution in [-0.2, 0) is 11.2 Å². The van der Waals surface area contributed by atoms with Crippen LogP contribution in [0.2, 0.25) is 0 Å². The Bertz CT molecular complexity index is 521. The third-order valence-corrected chi connectivity index (χ3v) is 5.19. The molecule has 1 aromatic carbocycles. The van der Waals surface area contributed by atoms with Gasteiger partial charge in [-0.05, 0) is 25.0 Å². The van der Waals surface area contributed by atoms with Crippen LogP contribution in [-0.4, -0.2) is 30.8 Å². The zero-order chi connectivity index (χ0) is 13.8. The number of methoxy groups -OCH3 is 1. The van der Waals surface area contributed by atoms with Gasteiger partial charge in [0.25, 0.3) is 0 Å². The largest absolute Gasteiger partial charge is 0.380 e. The summed E-state index contributed by atoms with van der Waals surface area (Å²) in [6.45, 7) is 0.990. The Labute approximate surface area is 124 Å². The molecule has 1 aliphatic rings. The first-order chi connectivity index (χ1) is 9.86. The fraction of sp³-hybridized carbons (Fsp3) is 0.562. The van der Waals surface area contributed by atoms with Crippen molar-refractivity contribution in [2.45, 2.75) is 44.2 Å². The minimum Gasteiger partial charge on any atom is -0.380 e. The average Bonchev–Trinajstić information content (AvgIpc) is 2.90. The Balaban J connectivity index is 1.54. The second kappa shape index (κ2) is 6.66. The molecule has 108 valence electrons. The molecule has 3 rings (SSSR count). The monoisotopic (exact) mass is 290 g/mol. The van der Waals surface area contributed by atoms with Crippen LogP contribution >= 0.6 is 11.3 Å². The Kier molecular flexibility index (Phi) is 4.65. The standard InChI is InChI=1S/C16H22N2OS/c1-19-14-8-4-2-6-12(14)17-11-10-16-18-13-7-3-5-9-15(13)20-16/h3,5,7,9,12,14,17H,2,4,6,8,10-11H2,1H3. The number of hydrogen-bond donors (Lipinski definition) is 1. The second-order valence-corrected chi connectivity index (χ2v) is 6.56. The highest BCUT2D eigenvalue weighted by molar-refractivity contribution is 7.18. The van der Waals surface area contributed by atoms with E-state index in [0.29, 0.717) is 12.1 Å². The summed E-state index contributed by atoms with van der Waals surface area (Å²) in [4.78, 5) is 4.68. The maximum Gasteiger partial charge on any atom is 0.0951 e. The van der Waals surface area contributed by atoms with Gasteiger partial charge in [-0.1, -0.05) is 25.0 Å². The number of hydrogen-bond acceptors (Lipinski definition) is 4. The Morgan fingerprint density at radius 3 is 3.00 bits per heavy atom. The molecule has 2 unspecified atom stereocenters. The summed E-state index contributed by atoms with van der Waals surface area (Å²) in [7, 11) is 1.83. The lowest BCUT2D eigenvalue weighted by atomic mass is 9.92. The molecule has 1 aliphatic carbocycles. The third-order valence-electron chi connectivity index (χ3n) is 4.09. The number of rotatable bonds is 5. The number of para-hydroxylation sites is 1. The Morgan fingerprint density at radius 1 is 1.30 bits per heavy atom. The molecule has 1 aromatic heterocycles. The number of fused-ring (bicyclic) bond motifs is 1. The van der Waals surface area contributed by atoms with E-state index >= 15 is 0 Å². The van der Waals surface area contributed by atoms with Gasteiger partial charge in [0.15, 0.2) is 0 Å². The first-order valence-electron chi connectivity index (χ1n) is 7.47. The van der Waals surface area contributed by atoms with Gasteiger partial charge in [0.1, 0.15) is 0 Å². The van der Waals surface area contributed by atoms with Crippen molar-refractivity contribution in [2.24, 2.45) is 0 Å². The van der Waals surface area contributed by atoms with Gasteiger partial charge in [-0.25, -0.2) is 4.98 Å². The summed E-state index contributed by atoms with van der Waals surface area (Å²) in [5.41, 5.74) is 1.12. The van der Waals surface area contributed by atoms with Crippen molar-refractivity contribution in [1.82, 2.24) is 10.3 Å². The first-order valence-corrected chi connectivity index (χ1v) is 8.29. The van der Waals surface area contributed by atoms with Gasteiger partial charge in [-0.3, -0.25) is 0 Å². The molecule has 4 heteroatoms. The van der Waals surface area contributed by atoms with Gasteiger partial charge in [0, 0.05) is 26.1 Å². The summed E-state index contributed by atoms with van der Waals surface area (Å²) < 4.78 is 6.87. The van der Waals surface area contributed by atoms with E-state index in [2.05, 4.69) is 34.6 Å². The minimum absolute atomic E-state index is 0.388. The summed E-state index contributed by atoms with van der Waals surface area (Å²) in [5, 5.41) is 4.88. The molecule has 0 aliphatic heterocycles. The number of benzene rings is 1. The molecule has 2 atom stereocenters. The fourth-order valence-corrected chi connectivity index (χ4v) is 3.97. The van der Waals surface area contributed by atoms with Crippen molar-refractivity contribution in [3.63, 3.8) is 0 Å². The maximum atomic E-state index is 5.58. The van der Waals surface area contributed by atoms with Gasteiger partial charge < -0.3 is 10.1 Å². The average molecular weight is 290 g/mol. The molecule has 0 saturated heterocycles. The van der Waals surface area contributed by atoms with E-state index in [-0.39, 0.29) is 0 Å². The zero-order valence-corrected chi connectivity index (χ0v) is 12.8. The number of thiazole rings is 1. The first kappa shape index (κ1) is 14.0. The normalized spacial score (nSPS) is 23.2. The maximum absolute atomic E-state index is 5.58. The molecule has 20 heavy (non-hydrogen) atoms. The van der Waals surface area contributed by atoms with Gasteiger partial charge in [-0.2, -0.15) is 0 Å². The zero-order valence-electron chi connectivity index (χ0n) is 12.0. The summed E-state index contributed by atoms with van der Waals surface area (Å²) >= 11 is 1.81. The molecule has 0 radical (unpaired) electrons. The molecule has 0 bridgehead atoms. The molecule has 3 nitrogen and oxygen atoms in total. The smallest absolute Gasteiger partial charge is 0.0951 e. The van der Waals surface area contributed by atoms with Gasteiger partial charge in [-0.15, -0.1) is 11.3 Å². The SMILES string of the molecule is COC1CCCCC1NCCc1nc2ccccc2s1. The van der Waals surface area contributed by atoms with Crippen LogP contribution in [0.15, 0.2) is 24.3 Å². The lowest BCUT2D eigenvalue weighted by Crippen LogP contribution is -2.43. The van der Waals surface area contributed by atoms with Crippen LogP contribution in [0.3, 0.4) is 0 Å². The second-order valence-electron chi connectivity index (χ2n) is 5.44. The minimum atomic E-state index is 0.388. The quantitative estimate of drug-likeness (QED) is 0.916. The van der Waals surface area contributed by atoms with E-state index in [1.165, 1.54) is 35.4 Å². The molecule has 0 amide bonds. The van der Waals surface area contributed by atoms with Gasteiger partial charge in [0.05, 0.1) is 21.3 Å². The van der Waals surface area contributed by atoms with Crippen molar-refractivity contribution >= 4 is 21.6 Å². The van der Waals surface area contributed by atoms with Crippen LogP contribution in [0.5, 0.6) is 0 Å². The molecule has 1 N–H and O–H groups in total. The predicted octanol–water partition coefficient (Wildman–Crippen LogP) is 3.39. The van der Waals surface area contributed by atoms with E-state index in [1.54, 1.807) is 0 Å². The Morgan fingerprint density at radius 2 is 2.15 bits per heavy atom. The number of nitrogens with zero attached hydrogens (tertiary/aromatic N) is 1. The van der Waals surface area contributed by atoms with E-state index in [1.807, 2.05) is 18.4 Å². The highest BCUT2D eigenvalue weighted by atomic mass is 32.1. The molecule has 0 spiro atoms. The van der Waals surface area contributed by atoms with Crippen LogP contribution in [0.4, 0.5) is 0 Å². The molecular weight excluding hydrogens is 268 g/mol. The molecule has 1 heterocycles. The third kappa shape index (κ3) is 3.19. The fourth-order valence-electron chi connectivity index (χ4n) is 3.00. The summed E-state index contributed by atoms with van der Waals surface area (Å²) in [6, 6.07) is 8.88. The van der Waals surface area contributed by atoms with E-state index in [0.717, 1.165) is 18.5 Å². The van der Waals surface area contributed by atoms with Crippen molar-refractivity contribution in [3.8, 4) is 0 Å². The van der Waals surface area contributed by atoms with Crippen LogP contribution in [0.1, 0.15) is 30.7 Å². The lowest BCUT2D eigenvalue weighted by Gasteiger charge is -2.31. The van der Waals surface area contributed by atoms with Gasteiger partial charge in [0.2, 0.25) is 0 Å². The Hall–Kier alpha value is -0.970. The number of nitrogens with one attached hydrogen (secondary N) is 1. The van der Waals surface area contributed by atoms with Gasteiger partial charge >= 0.3 is 0 Å².